The summed E-state index contributed by atoms with van der Waals surface area (Å²) in [7, 11) is 0. The SMILES string of the molecule is CCc1occ2c1C=CC2. The number of furan rings is 1. The van der Waals surface area contributed by atoms with Crippen molar-refractivity contribution >= 4 is 6.08 Å². The molecule has 10 heavy (non-hydrogen) atoms. The van der Waals surface area contributed by atoms with Crippen LogP contribution < -0.4 is 0 Å². The van der Waals surface area contributed by atoms with Crippen molar-refractivity contribution in [2.75, 3.05) is 0 Å². The first-order chi connectivity index (χ1) is 4.92. The van der Waals surface area contributed by atoms with Crippen molar-refractivity contribution in [1.82, 2.24) is 0 Å². The topological polar surface area (TPSA) is 13.1 Å². The second kappa shape index (κ2) is 2.01. The van der Waals surface area contributed by atoms with Gasteiger partial charge in [0.2, 0.25) is 0 Å². The summed E-state index contributed by atoms with van der Waals surface area (Å²) >= 11 is 0. The van der Waals surface area contributed by atoms with E-state index in [1.807, 2.05) is 6.26 Å². The van der Waals surface area contributed by atoms with Crippen LogP contribution in [0.1, 0.15) is 23.8 Å². The van der Waals surface area contributed by atoms with Gasteiger partial charge in [-0.3, -0.25) is 0 Å². The number of fused-ring (bicyclic) bond motifs is 1. The van der Waals surface area contributed by atoms with Crippen LogP contribution in [0.25, 0.3) is 6.08 Å². The minimum absolute atomic E-state index is 1.000. The fourth-order valence-electron chi connectivity index (χ4n) is 1.38. The van der Waals surface area contributed by atoms with Crippen LogP contribution in [0.5, 0.6) is 0 Å². The smallest absolute Gasteiger partial charge is 0.110 e. The highest BCUT2D eigenvalue weighted by Crippen LogP contribution is 2.25. The summed E-state index contributed by atoms with van der Waals surface area (Å²) in [5.41, 5.74) is 2.67. The van der Waals surface area contributed by atoms with Gasteiger partial charge >= 0.3 is 0 Å². The van der Waals surface area contributed by atoms with E-state index in [4.69, 9.17) is 4.42 Å². The Morgan fingerprint density at radius 2 is 2.50 bits per heavy atom. The molecule has 0 amide bonds. The summed E-state index contributed by atoms with van der Waals surface area (Å²) in [4.78, 5) is 0. The molecule has 0 fully saturated rings. The maximum atomic E-state index is 5.34. The summed E-state index contributed by atoms with van der Waals surface area (Å²) in [5.74, 6) is 1.13. The molecule has 0 spiro atoms. The lowest BCUT2D eigenvalue weighted by Gasteiger charge is -1.88. The summed E-state index contributed by atoms with van der Waals surface area (Å²) in [6.07, 6.45) is 8.25. The number of hydrogen-bond donors (Lipinski definition) is 0. The normalized spacial score (nSPS) is 14.1. The van der Waals surface area contributed by atoms with Gasteiger partial charge in [-0.2, -0.15) is 0 Å². The molecule has 0 saturated heterocycles. The molecule has 1 aromatic rings. The third-order valence-corrected chi connectivity index (χ3v) is 1.93. The molecule has 2 rings (SSSR count). The second-order valence-electron chi connectivity index (χ2n) is 2.56. The Morgan fingerprint density at radius 1 is 1.60 bits per heavy atom. The molecule has 0 saturated carbocycles. The van der Waals surface area contributed by atoms with E-state index in [2.05, 4.69) is 19.1 Å². The van der Waals surface area contributed by atoms with Crippen molar-refractivity contribution in [3.05, 3.63) is 29.2 Å². The predicted octanol–water partition coefficient (Wildman–Crippen LogP) is 2.41. The fraction of sp³-hybridized carbons (Fsp3) is 0.333. The molecule has 0 unspecified atom stereocenters. The number of allylic oxidation sites excluding steroid dienone is 1. The van der Waals surface area contributed by atoms with Crippen LogP contribution in [0.4, 0.5) is 0 Å². The lowest BCUT2D eigenvalue weighted by molar-refractivity contribution is 0.513. The van der Waals surface area contributed by atoms with E-state index in [1.165, 1.54) is 11.1 Å². The molecule has 0 N–H and O–H groups in total. The third-order valence-electron chi connectivity index (χ3n) is 1.93. The molecule has 1 nitrogen and oxygen atoms in total. The first kappa shape index (κ1) is 5.78. The standard InChI is InChI=1S/C9H10O/c1-2-9-8-5-3-4-7(8)6-10-9/h3,5-6H,2,4H2,1H3. The molecule has 1 aliphatic carbocycles. The Balaban J connectivity index is 2.53. The van der Waals surface area contributed by atoms with Crippen LogP contribution >= 0.6 is 0 Å². The number of hydrogen-bond acceptors (Lipinski definition) is 1. The zero-order chi connectivity index (χ0) is 6.97. The van der Waals surface area contributed by atoms with Crippen molar-refractivity contribution in [1.29, 1.82) is 0 Å². The van der Waals surface area contributed by atoms with Crippen LogP contribution in [0.2, 0.25) is 0 Å². The summed E-state index contributed by atoms with van der Waals surface area (Å²) < 4.78 is 5.34. The molecule has 1 heteroatoms. The van der Waals surface area contributed by atoms with E-state index >= 15 is 0 Å². The molecule has 0 aliphatic heterocycles. The largest absolute Gasteiger partial charge is 0.468 e. The van der Waals surface area contributed by atoms with Crippen molar-refractivity contribution < 1.29 is 4.42 Å². The molecule has 1 aliphatic rings. The minimum atomic E-state index is 1.000. The third kappa shape index (κ3) is 0.635. The monoisotopic (exact) mass is 134 g/mol. The first-order valence-corrected chi connectivity index (χ1v) is 3.67. The summed E-state index contributed by atoms with van der Waals surface area (Å²) in [6.45, 7) is 2.12. The van der Waals surface area contributed by atoms with Crippen LogP contribution in [-0.2, 0) is 12.8 Å². The molecular weight excluding hydrogens is 124 g/mol. The summed E-state index contributed by atoms with van der Waals surface area (Å²) in [5, 5.41) is 0. The van der Waals surface area contributed by atoms with Gasteiger partial charge in [-0.05, 0) is 6.42 Å². The van der Waals surface area contributed by atoms with E-state index in [0.29, 0.717) is 0 Å². The van der Waals surface area contributed by atoms with Crippen molar-refractivity contribution in [2.24, 2.45) is 0 Å². The average molecular weight is 134 g/mol. The zero-order valence-corrected chi connectivity index (χ0v) is 6.05. The second-order valence-corrected chi connectivity index (χ2v) is 2.56. The van der Waals surface area contributed by atoms with Crippen LogP contribution in [0, 0.1) is 0 Å². The van der Waals surface area contributed by atoms with Crippen LogP contribution in [0.15, 0.2) is 16.8 Å². The van der Waals surface area contributed by atoms with E-state index in [9.17, 15) is 0 Å². The maximum Gasteiger partial charge on any atom is 0.110 e. The molecular formula is C9H10O. The Bertz CT molecular complexity index is 268. The van der Waals surface area contributed by atoms with Gasteiger partial charge in [0.25, 0.3) is 0 Å². The van der Waals surface area contributed by atoms with Crippen molar-refractivity contribution in [2.45, 2.75) is 19.8 Å². The van der Waals surface area contributed by atoms with Gasteiger partial charge in [-0.15, -0.1) is 0 Å². The average Bonchev–Trinajstić information content (AvgIpc) is 2.44. The Morgan fingerprint density at radius 3 is 3.30 bits per heavy atom. The molecule has 0 aromatic carbocycles. The van der Waals surface area contributed by atoms with E-state index in [0.717, 1.165) is 18.6 Å². The first-order valence-electron chi connectivity index (χ1n) is 3.67. The molecule has 0 bridgehead atoms. The van der Waals surface area contributed by atoms with Crippen LogP contribution in [0.3, 0.4) is 0 Å². The van der Waals surface area contributed by atoms with Gasteiger partial charge in [0.05, 0.1) is 6.26 Å². The molecule has 0 atom stereocenters. The highest BCUT2D eigenvalue weighted by atomic mass is 16.3. The fourth-order valence-corrected chi connectivity index (χ4v) is 1.38. The quantitative estimate of drug-likeness (QED) is 0.574. The lowest BCUT2D eigenvalue weighted by Crippen LogP contribution is -1.78. The molecule has 52 valence electrons. The van der Waals surface area contributed by atoms with E-state index < -0.39 is 0 Å². The van der Waals surface area contributed by atoms with Crippen LogP contribution in [-0.4, -0.2) is 0 Å². The minimum Gasteiger partial charge on any atom is -0.468 e. The Kier molecular flexibility index (Phi) is 1.16. The number of aryl methyl sites for hydroxylation is 1. The van der Waals surface area contributed by atoms with Crippen molar-refractivity contribution in [3.8, 4) is 0 Å². The summed E-state index contributed by atoms with van der Waals surface area (Å²) in [6, 6.07) is 0. The van der Waals surface area contributed by atoms with Gasteiger partial charge in [0.15, 0.2) is 0 Å². The highest BCUT2D eigenvalue weighted by molar-refractivity contribution is 5.61. The molecule has 1 heterocycles. The molecule has 0 radical (unpaired) electrons. The molecule has 1 aromatic heterocycles. The van der Waals surface area contributed by atoms with Gasteiger partial charge in [0, 0.05) is 17.5 Å². The van der Waals surface area contributed by atoms with E-state index in [-0.39, 0.29) is 0 Å². The Labute approximate surface area is 60.4 Å². The maximum absolute atomic E-state index is 5.34. The highest BCUT2D eigenvalue weighted by Gasteiger charge is 2.11. The van der Waals surface area contributed by atoms with Gasteiger partial charge in [-0.25, -0.2) is 0 Å². The number of rotatable bonds is 1. The predicted molar refractivity (Wildman–Crippen MR) is 40.8 cm³/mol. The van der Waals surface area contributed by atoms with Crippen molar-refractivity contribution in [3.63, 3.8) is 0 Å². The van der Waals surface area contributed by atoms with E-state index in [1.54, 1.807) is 0 Å². The van der Waals surface area contributed by atoms with Gasteiger partial charge in [0.1, 0.15) is 5.76 Å². The van der Waals surface area contributed by atoms with Gasteiger partial charge in [-0.1, -0.05) is 19.1 Å². The zero-order valence-electron chi connectivity index (χ0n) is 6.05. The lowest BCUT2D eigenvalue weighted by atomic mass is 10.2. The van der Waals surface area contributed by atoms with Gasteiger partial charge < -0.3 is 4.42 Å². The Hall–Kier alpha value is -0.980.